The number of amides is 1. The van der Waals surface area contributed by atoms with Gasteiger partial charge in [-0.1, -0.05) is 68.6 Å². The summed E-state index contributed by atoms with van der Waals surface area (Å²) >= 11 is 10.1. The molecule has 0 atom stereocenters. The number of hydrogen-bond acceptors (Lipinski definition) is 8. The van der Waals surface area contributed by atoms with Crippen LogP contribution in [0, 0.1) is 0 Å². The van der Waals surface area contributed by atoms with Gasteiger partial charge in [0, 0.05) is 32.0 Å². The Morgan fingerprint density at radius 3 is 1.58 bits per heavy atom. The number of fused-ring (bicyclic) bond motifs is 3. The molecule has 0 fully saturated rings. The molecular formula is C36H40Br3N7O6. The van der Waals surface area contributed by atoms with Gasteiger partial charge in [-0.15, -0.1) is 0 Å². The largest absolute Gasteiger partial charge is 0.478 e. The Kier molecular flexibility index (Phi) is 13.6. The van der Waals surface area contributed by atoms with Gasteiger partial charge in [0.2, 0.25) is 0 Å². The number of pyridine rings is 3. The first-order valence-electron chi connectivity index (χ1n) is 16.5. The maximum absolute atomic E-state index is 11.9. The van der Waals surface area contributed by atoms with Crippen LogP contribution in [-0.2, 0) is 28.7 Å². The van der Waals surface area contributed by atoms with Gasteiger partial charge < -0.3 is 14.6 Å². The van der Waals surface area contributed by atoms with Gasteiger partial charge in [-0.2, -0.15) is 15.3 Å². The molecule has 6 rings (SSSR count). The van der Waals surface area contributed by atoms with Crippen molar-refractivity contribution in [3.8, 4) is 0 Å². The van der Waals surface area contributed by atoms with Crippen LogP contribution in [0.4, 0.5) is 10.5 Å². The Bertz CT molecular complexity index is 2240. The summed E-state index contributed by atoms with van der Waals surface area (Å²) in [7, 11) is 0. The number of carboxylic acids is 1. The van der Waals surface area contributed by atoms with Crippen molar-refractivity contribution >= 4 is 88.1 Å². The van der Waals surface area contributed by atoms with Gasteiger partial charge in [0.05, 0.1) is 45.9 Å². The number of carbonyl (C=O) groups excluding carboxylic acids is 2. The number of carbonyl (C=O) groups is 3. The molecule has 0 aliphatic heterocycles. The van der Waals surface area contributed by atoms with E-state index in [1.807, 2.05) is 84.3 Å². The minimum atomic E-state index is -0.931. The van der Waals surface area contributed by atoms with Crippen LogP contribution < -0.4 is 5.32 Å². The molecule has 52 heavy (non-hydrogen) atoms. The Labute approximate surface area is 326 Å². The Morgan fingerprint density at radius 2 is 1.13 bits per heavy atom. The van der Waals surface area contributed by atoms with E-state index in [2.05, 4.69) is 68.4 Å². The van der Waals surface area contributed by atoms with Crippen molar-refractivity contribution in [2.24, 2.45) is 0 Å². The summed E-state index contributed by atoms with van der Waals surface area (Å²) in [5.41, 5.74) is 5.46. The molecule has 0 bridgehead atoms. The zero-order valence-corrected chi connectivity index (χ0v) is 34.6. The number of esters is 1. The SMILES string of the molecule is CCOC(=O)c1c(CC)nn2ccc(Br)cc12.CCc1nn2ccc(Br)cc2c1C(=O)O.CCc1nn2ccc(Br)cc2c1NC(=O)OC(C)(C)C. The molecule has 0 radical (unpaired) electrons. The molecule has 0 unspecified atom stereocenters. The van der Waals surface area contributed by atoms with Gasteiger partial charge in [-0.05, 0) is 83.4 Å². The number of carboxylic acid groups (broad SMARTS) is 1. The second-order valence-corrected chi connectivity index (χ2v) is 14.9. The van der Waals surface area contributed by atoms with Gasteiger partial charge in [-0.25, -0.2) is 27.9 Å². The first-order chi connectivity index (χ1) is 24.6. The van der Waals surface area contributed by atoms with Crippen molar-refractivity contribution in [1.82, 2.24) is 28.8 Å². The number of ether oxygens (including phenoxy) is 2. The van der Waals surface area contributed by atoms with Crippen LogP contribution in [0.3, 0.4) is 0 Å². The molecule has 0 aliphatic rings. The molecule has 0 saturated carbocycles. The summed E-state index contributed by atoms with van der Waals surface area (Å²) in [5, 5.41) is 24.9. The molecule has 0 aliphatic carbocycles. The number of hydrogen-bond donors (Lipinski definition) is 2. The van der Waals surface area contributed by atoms with E-state index in [0.29, 0.717) is 47.5 Å². The second-order valence-electron chi connectivity index (χ2n) is 12.2. The molecule has 0 spiro atoms. The quantitative estimate of drug-likeness (QED) is 0.149. The topological polar surface area (TPSA) is 154 Å². The summed E-state index contributed by atoms with van der Waals surface area (Å²) in [6.45, 7) is 13.5. The normalized spacial score (nSPS) is 11.1. The predicted octanol–water partition coefficient (Wildman–Crippen LogP) is 9.20. The fraction of sp³-hybridized carbons (Fsp3) is 0.333. The summed E-state index contributed by atoms with van der Waals surface area (Å²) in [4.78, 5) is 35.0. The van der Waals surface area contributed by atoms with E-state index in [4.69, 9.17) is 14.6 Å². The Balaban J connectivity index is 0.000000176. The van der Waals surface area contributed by atoms with Crippen LogP contribution in [0.15, 0.2) is 68.4 Å². The molecule has 6 heterocycles. The van der Waals surface area contributed by atoms with E-state index >= 15 is 0 Å². The van der Waals surface area contributed by atoms with E-state index in [9.17, 15) is 14.4 Å². The number of halogens is 3. The number of aromatic nitrogens is 6. The third-order valence-electron chi connectivity index (χ3n) is 7.33. The first-order valence-corrected chi connectivity index (χ1v) is 18.9. The van der Waals surface area contributed by atoms with Crippen LogP contribution in [0.25, 0.3) is 16.6 Å². The zero-order chi connectivity index (χ0) is 38.3. The molecule has 0 saturated heterocycles. The summed E-state index contributed by atoms with van der Waals surface area (Å²) in [6, 6.07) is 11.2. The highest BCUT2D eigenvalue weighted by atomic mass is 79.9. The molecule has 2 N–H and O–H groups in total. The smallest absolute Gasteiger partial charge is 0.412 e. The number of nitrogens with one attached hydrogen (secondary N) is 1. The molecule has 6 aromatic rings. The minimum absolute atomic E-state index is 0.291. The van der Waals surface area contributed by atoms with E-state index in [0.717, 1.165) is 42.3 Å². The van der Waals surface area contributed by atoms with Crippen molar-refractivity contribution in [3.63, 3.8) is 0 Å². The molecule has 16 heteroatoms. The van der Waals surface area contributed by atoms with E-state index in [1.54, 1.807) is 32.7 Å². The lowest BCUT2D eigenvalue weighted by Gasteiger charge is -2.19. The molecular weight excluding hydrogens is 866 g/mol. The fourth-order valence-electron chi connectivity index (χ4n) is 5.15. The number of aryl methyl sites for hydroxylation is 3. The van der Waals surface area contributed by atoms with Crippen molar-refractivity contribution in [2.45, 2.75) is 73.3 Å². The van der Waals surface area contributed by atoms with Crippen LogP contribution in [-0.4, -0.2) is 64.2 Å². The van der Waals surface area contributed by atoms with Crippen molar-refractivity contribution < 1.29 is 29.0 Å². The second kappa shape index (κ2) is 17.5. The molecule has 13 nitrogen and oxygen atoms in total. The van der Waals surface area contributed by atoms with Crippen molar-refractivity contribution in [2.75, 3.05) is 11.9 Å². The summed E-state index contributed by atoms with van der Waals surface area (Å²) in [5.74, 6) is -1.24. The molecule has 276 valence electrons. The fourth-order valence-corrected chi connectivity index (χ4v) is 6.15. The lowest BCUT2D eigenvalue weighted by Crippen LogP contribution is -2.27. The first kappa shape index (κ1) is 40.5. The zero-order valence-electron chi connectivity index (χ0n) is 29.8. The predicted molar refractivity (Wildman–Crippen MR) is 210 cm³/mol. The maximum Gasteiger partial charge on any atom is 0.412 e. The summed E-state index contributed by atoms with van der Waals surface area (Å²) < 4.78 is 18.1. The molecule has 1 amide bonds. The average molecular weight is 906 g/mol. The third-order valence-corrected chi connectivity index (χ3v) is 8.81. The number of rotatable bonds is 7. The van der Waals surface area contributed by atoms with Crippen LogP contribution in [0.1, 0.15) is 86.3 Å². The van der Waals surface area contributed by atoms with Crippen LogP contribution in [0.2, 0.25) is 0 Å². The Hall–Kier alpha value is -4.28. The van der Waals surface area contributed by atoms with Gasteiger partial charge >= 0.3 is 18.0 Å². The lowest BCUT2D eigenvalue weighted by molar-refractivity contribution is 0.0526. The Morgan fingerprint density at radius 1 is 0.712 bits per heavy atom. The highest BCUT2D eigenvalue weighted by Crippen LogP contribution is 2.26. The maximum atomic E-state index is 11.9. The lowest BCUT2D eigenvalue weighted by atomic mass is 10.1. The highest BCUT2D eigenvalue weighted by molar-refractivity contribution is 9.11. The van der Waals surface area contributed by atoms with Gasteiger partial charge in [0.15, 0.2) is 0 Å². The van der Waals surface area contributed by atoms with E-state index in [1.165, 1.54) is 0 Å². The molecule has 6 aromatic heterocycles. The number of anilines is 1. The van der Waals surface area contributed by atoms with Crippen molar-refractivity contribution in [1.29, 1.82) is 0 Å². The third kappa shape index (κ3) is 9.77. The highest BCUT2D eigenvalue weighted by Gasteiger charge is 2.21. The van der Waals surface area contributed by atoms with Crippen LogP contribution in [0.5, 0.6) is 0 Å². The summed E-state index contributed by atoms with van der Waals surface area (Å²) in [6.07, 6.45) is 6.98. The minimum Gasteiger partial charge on any atom is -0.478 e. The number of aromatic carboxylic acids is 1. The number of nitrogens with zero attached hydrogens (tertiary/aromatic N) is 6. The average Bonchev–Trinajstić information content (AvgIpc) is 3.74. The van der Waals surface area contributed by atoms with Gasteiger partial charge in [0.1, 0.15) is 16.7 Å². The van der Waals surface area contributed by atoms with Crippen LogP contribution >= 0.6 is 47.8 Å². The van der Waals surface area contributed by atoms with Gasteiger partial charge in [-0.3, -0.25) is 5.32 Å². The van der Waals surface area contributed by atoms with Crippen molar-refractivity contribution in [3.05, 3.63) is 96.6 Å². The van der Waals surface area contributed by atoms with E-state index in [-0.39, 0.29) is 5.97 Å². The standard InChI is InChI=1S/C14H18BrN3O2.C12H13BrN2O2.C10H9BrN2O2/c1-5-10-12(16-13(19)20-14(2,3)4)11-8-9(15)6-7-18(11)17-10;1-3-9-11(12(16)17-4-2)10-7-8(13)5-6-15(10)14-9;1-2-7-9(10(14)15)8-5-6(11)3-4-13(8)12-7/h6-8H,5H2,1-4H3,(H,16,19);5-7H,3-4H2,1-2H3;3-5H,2H2,1H3,(H,14,15). The monoisotopic (exact) mass is 903 g/mol. The van der Waals surface area contributed by atoms with Gasteiger partial charge in [0.25, 0.3) is 0 Å². The van der Waals surface area contributed by atoms with E-state index < -0.39 is 17.7 Å². The molecule has 0 aromatic carbocycles.